The fourth-order valence-electron chi connectivity index (χ4n) is 2.88. The summed E-state index contributed by atoms with van der Waals surface area (Å²) in [5.74, 6) is 0.877. The van der Waals surface area contributed by atoms with Crippen LogP contribution in [-0.2, 0) is 6.42 Å². The van der Waals surface area contributed by atoms with Gasteiger partial charge in [-0.1, -0.05) is 11.4 Å². The molecule has 1 aliphatic heterocycles. The Bertz CT molecular complexity index is 671. The molecule has 0 radical (unpaired) electrons. The molecule has 2 aromatic rings. The van der Waals surface area contributed by atoms with Crippen molar-refractivity contribution in [2.45, 2.75) is 32.2 Å². The highest BCUT2D eigenvalue weighted by molar-refractivity contribution is 7.08. The van der Waals surface area contributed by atoms with E-state index in [2.05, 4.69) is 19.9 Å². The Morgan fingerprint density at radius 2 is 2.41 bits per heavy atom. The molecule has 7 heteroatoms. The van der Waals surface area contributed by atoms with Crippen molar-refractivity contribution >= 4 is 23.3 Å². The van der Waals surface area contributed by atoms with E-state index < -0.39 is 0 Å². The van der Waals surface area contributed by atoms with Gasteiger partial charge in [0, 0.05) is 19.8 Å². The molecule has 0 aromatic carbocycles. The number of carbonyl (C=O) groups excluding carboxylic acids is 1. The van der Waals surface area contributed by atoms with Gasteiger partial charge in [-0.2, -0.15) is 0 Å². The number of pyridine rings is 1. The fourth-order valence-corrected chi connectivity index (χ4v) is 3.59. The van der Waals surface area contributed by atoms with Gasteiger partial charge in [-0.3, -0.25) is 4.79 Å². The minimum atomic E-state index is 0.0529. The fraction of sp³-hybridized carbons (Fsp3) is 0.467. The molecule has 0 saturated carbocycles. The molecule has 1 amide bonds. The molecule has 1 atom stereocenters. The molecule has 22 heavy (non-hydrogen) atoms. The lowest BCUT2D eigenvalue weighted by atomic mass is 10.1. The van der Waals surface area contributed by atoms with Gasteiger partial charge in [-0.25, -0.2) is 4.98 Å². The Morgan fingerprint density at radius 1 is 1.55 bits per heavy atom. The number of rotatable bonds is 4. The Balaban J connectivity index is 1.88. The highest BCUT2D eigenvalue weighted by atomic mass is 32.1. The maximum Gasteiger partial charge on any atom is 0.268 e. The predicted octanol–water partition coefficient (Wildman–Crippen LogP) is 2.51. The summed E-state index contributed by atoms with van der Waals surface area (Å²) in [6.45, 7) is 2.78. The van der Waals surface area contributed by atoms with E-state index in [1.807, 2.05) is 31.0 Å². The molecule has 1 aliphatic rings. The third kappa shape index (κ3) is 2.68. The Labute approximate surface area is 133 Å². The van der Waals surface area contributed by atoms with Crippen LogP contribution in [0, 0.1) is 0 Å². The first-order valence-corrected chi connectivity index (χ1v) is 8.27. The third-order valence-corrected chi connectivity index (χ3v) is 4.78. The van der Waals surface area contributed by atoms with Gasteiger partial charge in [-0.15, -0.1) is 5.10 Å². The lowest BCUT2D eigenvalue weighted by Crippen LogP contribution is -2.30. The van der Waals surface area contributed by atoms with Gasteiger partial charge in [0.25, 0.3) is 5.91 Å². The average molecular weight is 317 g/mol. The minimum absolute atomic E-state index is 0.0529. The van der Waals surface area contributed by atoms with Crippen LogP contribution in [0.1, 0.15) is 46.7 Å². The molecule has 0 aliphatic carbocycles. The largest absolute Gasteiger partial charge is 0.373 e. The molecule has 6 nitrogen and oxygen atoms in total. The Morgan fingerprint density at radius 3 is 3.18 bits per heavy atom. The molecule has 2 aromatic heterocycles. The van der Waals surface area contributed by atoms with Crippen LogP contribution in [0.3, 0.4) is 0 Å². The number of carbonyl (C=O) groups is 1. The van der Waals surface area contributed by atoms with Gasteiger partial charge in [0.1, 0.15) is 10.7 Å². The summed E-state index contributed by atoms with van der Waals surface area (Å²) in [7, 11) is 1.85. The Hall–Kier alpha value is -2.02. The number of likely N-dealkylation sites (tertiary alicyclic amines) is 1. The van der Waals surface area contributed by atoms with E-state index in [-0.39, 0.29) is 11.9 Å². The normalized spacial score (nSPS) is 17.7. The number of nitrogens with zero attached hydrogens (tertiary/aromatic N) is 4. The summed E-state index contributed by atoms with van der Waals surface area (Å²) in [5.41, 5.74) is 1.92. The van der Waals surface area contributed by atoms with Crippen molar-refractivity contribution in [1.82, 2.24) is 19.5 Å². The van der Waals surface area contributed by atoms with Crippen LogP contribution in [0.4, 0.5) is 5.82 Å². The summed E-state index contributed by atoms with van der Waals surface area (Å²) >= 11 is 1.20. The molecule has 0 unspecified atom stereocenters. The quantitative estimate of drug-likeness (QED) is 0.938. The van der Waals surface area contributed by atoms with E-state index in [1.165, 1.54) is 11.5 Å². The summed E-state index contributed by atoms with van der Waals surface area (Å²) in [6.07, 6.45) is 4.51. The number of anilines is 1. The van der Waals surface area contributed by atoms with Gasteiger partial charge in [0.05, 0.1) is 11.7 Å². The molecule has 1 saturated heterocycles. The molecule has 0 bridgehead atoms. The van der Waals surface area contributed by atoms with Crippen LogP contribution < -0.4 is 5.32 Å². The van der Waals surface area contributed by atoms with Crippen LogP contribution >= 0.6 is 11.5 Å². The lowest BCUT2D eigenvalue weighted by molar-refractivity contribution is 0.0739. The molecule has 116 valence electrons. The van der Waals surface area contributed by atoms with Crippen LogP contribution in [0.2, 0.25) is 0 Å². The van der Waals surface area contributed by atoms with E-state index in [0.29, 0.717) is 4.88 Å². The van der Waals surface area contributed by atoms with Crippen LogP contribution in [0.5, 0.6) is 0 Å². The third-order valence-electron chi connectivity index (χ3n) is 4.02. The highest BCUT2D eigenvalue weighted by Gasteiger charge is 2.32. The van der Waals surface area contributed by atoms with Crippen molar-refractivity contribution in [3.05, 3.63) is 34.5 Å². The standard InChI is InChI=1S/C15H19N5OS/c1-3-11-14(22-19-18-11)15(21)20-8-4-5-12(20)10-6-7-17-13(9-10)16-2/h6-7,9,12H,3-5,8H2,1-2H3,(H,16,17)/t12-/m0/s1. The second kappa shape index (κ2) is 6.39. The number of aryl methyl sites for hydroxylation is 1. The summed E-state index contributed by atoms with van der Waals surface area (Å²) < 4.78 is 3.93. The smallest absolute Gasteiger partial charge is 0.268 e. The van der Waals surface area contributed by atoms with Crippen molar-refractivity contribution in [2.75, 3.05) is 18.9 Å². The number of nitrogens with one attached hydrogen (secondary N) is 1. The second-order valence-corrected chi connectivity index (χ2v) is 6.04. The maximum absolute atomic E-state index is 12.9. The summed E-state index contributed by atoms with van der Waals surface area (Å²) in [5, 5.41) is 7.10. The number of amides is 1. The number of hydrogen-bond donors (Lipinski definition) is 1. The van der Waals surface area contributed by atoms with Crippen molar-refractivity contribution in [3.8, 4) is 0 Å². The summed E-state index contributed by atoms with van der Waals surface area (Å²) in [6, 6.07) is 4.11. The van der Waals surface area contributed by atoms with Crippen LogP contribution in [-0.4, -0.2) is 39.0 Å². The molecule has 1 fully saturated rings. The SMILES string of the molecule is CCc1nnsc1C(=O)N1CCC[C@H]1c1ccnc(NC)c1. The van der Waals surface area contributed by atoms with Crippen molar-refractivity contribution < 1.29 is 4.79 Å². The predicted molar refractivity (Wildman–Crippen MR) is 86.1 cm³/mol. The average Bonchev–Trinajstić information content (AvgIpc) is 3.23. The minimum Gasteiger partial charge on any atom is -0.373 e. The number of aromatic nitrogens is 3. The topological polar surface area (TPSA) is 71.0 Å². The first kappa shape index (κ1) is 14.9. The first-order chi connectivity index (χ1) is 10.7. The van der Waals surface area contributed by atoms with Crippen LogP contribution in [0.25, 0.3) is 0 Å². The van der Waals surface area contributed by atoms with E-state index in [9.17, 15) is 4.79 Å². The summed E-state index contributed by atoms with van der Waals surface area (Å²) in [4.78, 5) is 19.7. The van der Waals surface area contributed by atoms with Crippen molar-refractivity contribution in [2.24, 2.45) is 0 Å². The monoisotopic (exact) mass is 317 g/mol. The van der Waals surface area contributed by atoms with Crippen molar-refractivity contribution in [1.29, 1.82) is 0 Å². The zero-order valence-corrected chi connectivity index (χ0v) is 13.6. The highest BCUT2D eigenvalue weighted by Crippen LogP contribution is 2.34. The van der Waals surface area contributed by atoms with Gasteiger partial charge in [0.15, 0.2) is 0 Å². The molecule has 0 spiro atoms. The van der Waals surface area contributed by atoms with Crippen molar-refractivity contribution in [3.63, 3.8) is 0 Å². The zero-order valence-electron chi connectivity index (χ0n) is 12.7. The molecular formula is C15H19N5OS. The second-order valence-electron chi connectivity index (χ2n) is 5.28. The molecule has 3 rings (SSSR count). The van der Waals surface area contributed by atoms with E-state index >= 15 is 0 Å². The van der Waals surface area contributed by atoms with Gasteiger partial charge in [-0.05, 0) is 48.5 Å². The first-order valence-electron chi connectivity index (χ1n) is 7.50. The molecule has 3 heterocycles. The van der Waals surface area contributed by atoms with E-state index in [4.69, 9.17) is 0 Å². The number of hydrogen-bond acceptors (Lipinski definition) is 6. The van der Waals surface area contributed by atoms with Crippen LogP contribution in [0.15, 0.2) is 18.3 Å². The van der Waals surface area contributed by atoms with Gasteiger partial charge < -0.3 is 10.2 Å². The van der Waals surface area contributed by atoms with E-state index in [1.54, 1.807) is 6.20 Å². The maximum atomic E-state index is 12.9. The Kier molecular flexibility index (Phi) is 4.33. The van der Waals surface area contributed by atoms with Gasteiger partial charge in [0.2, 0.25) is 0 Å². The van der Waals surface area contributed by atoms with Gasteiger partial charge >= 0.3 is 0 Å². The molecular weight excluding hydrogens is 298 g/mol. The zero-order chi connectivity index (χ0) is 15.5. The van der Waals surface area contributed by atoms with E-state index in [0.717, 1.165) is 42.9 Å². The lowest BCUT2D eigenvalue weighted by Gasteiger charge is -2.25. The molecule has 1 N–H and O–H groups in total.